The second kappa shape index (κ2) is 7.90. The number of anilines is 2. The summed E-state index contributed by atoms with van der Waals surface area (Å²) in [6.45, 7) is 2.30. The van der Waals surface area contributed by atoms with Crippen molar-refractivity contribution < 1.29 is 13.6 Å². The van der Waals surface area contributed by atoms with Gasteiger partial charge in [-0.2, -0.15) is 0 Å². The molecule has 1 amide bonds. The number of hydrogen-bond donors (Lipinski definition) is 1. The highest BCUT2D eigenvalue weighted by atomic mass is 19.2. The quantitative estimate of drug-likeness (QED) is 0.741. The number of benzene rings is 2. The third-order valence-electron chi connectivity index (χ3n) is 3.89. The Kier molecular flexibility index (Phi) is 5.40. The highest BCUT2D eigenvalue weighted by Crippen LogP contribution is 2.17. The molecule has 0 bridgehead atoms. The number of amides is 1. The van der Waals surface area contributed by atoms with E-state index in [4.69, 9.17) is 0 Å². The molecule has 7 heteroatoms. The van der Waals surface area contributed by atoms with E-state index in [9.17, 15) is 13.6 Å². The van der Waals surface area contributed by atoms with Gasteiger partial charge in [0.25, 0.3) is 5.91 Å². The number of aromatic nitrogens is 2. The highest BCUT2D eigenvalue weighted by Gasteiger charge is 2.14. The van der Waals surface area contributed by atoms with Gasteiger partial charge in [-0.15, -0.1) is 0 Å². The number of carbonyl (C=O) groups is 1. The molecule has 138 valence electrons. The zero-order valence-electron chi connectivity index (χ0n) is 14.9. The molecular weight excluding hydrogens is 350 g/mol. The number of hydrogen-bond acceptors (Lipinski definition) is 4. The summed E-state index contributed by atoms with van der Waals surface area (Å²) in [5.74, 6) is -1.52. The van der Waals surface area contributed by atoms with Gasteiger partial charge in [-0.3, -0.25) is 4.79 Å². The van der Waals surface area contributed by atoms with Gasteiger partial charge < -0.3 is 10.2 Å². The van der Waals surface area contributed by atoms with Crippen LogP contribution in [0.15, 0.2) is 54.6 Å². The van der Waals surface area contributed by atoms with E-state index in [1.54, 1.807) is 13.0 Å². The van der Waals surface area contributed by atoms with Gasteiger partial charge in [-0.1, -0.05) is 30.3 Å². The fourth-order valence-electron chi connectivity index (χ4n) is 2.57. The number of aryl methyl sites for hydroxylation is 1. The van der Waals surface area contributed by atoms with E-state index in [1.807, 2.05) is 42.3 Å². The molecule has 1 N–H and O–H groups in total. The molecule has 3 rings (SSSR count). The van der Waals surface area contributed by atoms with Crippen LogP contribution in [0.3, 0.4) is 0 Å². The van der Waals surface area contributed by atoms with Crippen LogP contribution in [-0.2, 0) is 6.54 Å². The first kappa shape index (κ1) is 18.4. The van der Waals surface area contributed by atoms with Crippen molar-refractivity contribution in [3.05, 3.63) is 83.3 Å². The maximum absolute atomic E-state index is 13.3. The first-order valence-electron chi connectivity index (χ1n) is 8.29. The summed E-state index contributed by atoms with van der Waals surface area (Å²) in [5.41, 5.74) is 1.39. The molecule has 0 aliphatic carbocycles. The Hall–Kier alpha value is -3.35. The lowest BCUT2D eigenvalue weighted by molar-refractivity contribution is 0.102. The molecule has 1 aromatic heterocycles. The maximum atomic E-state index is 13.3. The minimum atomic E-state index is -1.03. The topological polar surface area (TPSA) is 58.1 Å². The molecule has 0 saturated carbocycles. The smallest absolute Gasteiger partial charge is 0.274 e. The van der Waals surface area contributed by atoms with Crippen molar-refractivity contribution in [1.29, 1.82) is 0 Å². The molecule has 0 fully saturated rings. The largest absolute Gasteiger partial charge is 0.355 e. The van der Waals surface area contributed by atoms with E-state index in [0.717, 1.165) is 17.7 Å². The third-order valence-corrected chi connectivity index (χ3v) is 3.89. The normalized spacial score (nSPS) is 10.5. The fraction of sp³-hybridized carbons (Fsp3) is 0.150. The van der Waals surface area contributed by atoms with Crippen molar-refractivity contribution in [1.82, 2.24) is 9.97 Å². The van der Waals surface area contributed by atoms with Crippen LogP contribution in [0.4, 0.5) is 20.3 Å². The Labute approximate surface area is 155 Å². The van der Waals surface area contributed by atoms with Gasteiger partial charge in [0.15, 0.2) is 11.6 Å². The molecule has 2 aromatic carbocycles. The van der Waals surface area contributed by atoms with Gasteiger partial charge >= 0.3 is 0 Å². The van der Waals surface area contributed by atoms with Crippen LogP contribution in [0.5, 0.6) is 0 Å². The van der Waals surface area contributed by atoms with Gasteiger partial charge in [-0.25, -0.2) is 18.7 Å². The van der Waals surface area contributed by atoms with E-state index in [2.05, 4.69) is 15.3 Å². The molecule has 27 heavy (non-hydrogen) atoms. The van der Waals surface area contributed by atoms with Crippen LogP contribution in [0.2, 0.25) is 0 Å². The summed E-state index contributed by atoms with van der Waals surface area (Å²) in [6.07, 6.45) is 0. The summed E-state index contributed by atoms with van der Waals surface area (Å²) in [5, 5.41) is 2.51. The molecule has 0 aliphatic rings. The monoisotopic (exact) mass is 368 g/mol. The number of nitrogens with one attached hydrogen (secondary N) is 1. The summed E-state index contributed by atoms with van der Waals surface area (Å²) in [6, 6.07) is 14.6. The molecule has 5 nitrogen and oxygen atoms in total. The Morgan fingerprint density at radius 3 is 2.48 bits per heavy atom. The third kappa shape index (κ3) is 4.63. The van der Waals surface area contributed by atoms with Gasteiger partial charge in [0.1, 0.15) is 17.3 Å². The van der Waals surface area contributed by atoms with E-state index in [0.29, 0.717) is 18.2 Å². The van der Waals surface area contributed by atoms with Crippen molar-refractivity contribution in [2.24, 2.45) is 0 Å². The molecule has 0 aliphatic heterocycles. The molecule has 1 heterocycles. The molecule has 0 atom stereocenters. The Bertz CT molecular complexity index is 963. The number of rotatable bonds is 5. The summed E-state index contributed by atoms with van der Waals surface area (Å²) in [7, 11) is 1.87. The zero-order valence-corrected chi connectivity index (χ0v) is 14.9. The van der Waals surface area contributed by atoms with Crippen LogP contribution >= 0.6 is 0 Å². The van der Waals surface area contributed by atoms with E-state index < -0.39 is 17.5 Å². The van der Waals surface area contributed by atoms with Gasteiger partial charge in [0.2, 0.25) is 0 Å². The van der Waals surface area contributed by atoms with E-state index in [-0.39, 0.29) is 11.4 Å². The van der Waals surface area contributed by atoms with E-state index in [1.165, 1.54) is 6.07 Å². The summed E-state index contributed by atoms with van der Waals surface area (Å²) in [4.78, 5) is 22.9. The molecule has 0 radical (unpaired) electrons. The molecule has 0 spiro atoms. The van der Waals surface area contributed by atoms with Crippen LogP contribution in [-0.4, -0.2) is 22.9 Å². The predicted molar refractivity (Wildman–Crippen MR) is 99.6 cm³/mol. The van der Waals surface area contributed by atoms with Crippen LogP contribution < -0.4 is 10.2 Å². The van der Waals surface area contributed by atoms with Crippen LogP contribution in [0, 0.1) is 18.6 Å². The van der Waals surface area contributed by atoms with Crippen molar-refractivity contribution in [3.63, 3.8) is 0 Å². The SMILES string of the molecule is Cc1nc(C(=O)Nc2ccc(F)c(F)c2)cc(N(C)Cc2ccccc2)n1. The van der Waals surface area contributed by atoms with Crippen molar-refractivity contribution in [2.75, 3.05) is 17.3 Å². The summed E-state index contributed by atoms with van der Waals surface area (Å²) >= 11 is 0. The summed E-state index contributed by atoms with van der Waals surface area (Å²) < 4.78 is 26.3. The van der Waals surface area contributed by atoms with Crippen molar-refractivity contribution >= 4 is 17.4 Å². The maximum Gasteiger partial charge on any atom is 0.274 e. The van der Waals surface area contributed by atoms with Crippen LogP contribution in [0.25, 0.3) is 0 Å². The van der Waals surface area contributed by atoms with Crippen molar-refractivity contribution in [2.45, 2.75) is 13.5 Å². The minimum Gasteiger partial charge on any atom is -0.355 e. The van der Waals surface area contributed by atoms with Gasteiger partial charge in [0, 0.05) is 31.4 Å². The standard InChI is InChI=1S/C20H18F2N4O/c1-13-23-18(20(27)25-15-8-9-16(21)17(22)10-15)11-19(24-13)26(2)12-14-6-4-3-5-7-14/h3-11H,12H2,1-2H3,(H,25,27). The lowest BCUT2D eigenvalue weighted by atomic mass is 10.2. The minimum absolute atomic E-state index is 0.141. The number of nitrogens with zero attached hydrogens (tertiary/aromatic N) is 3. The average molecular weight is 368 g/mol. The predicted octanol–water partition coefficient (Wildman–Crippen LogP) is 3.95. The fourth-order valence-corrected chi connectivity index (χ4v) is 2.57. The molecule has 0 saturated heterocycles. The van der Waals surface area contributed by atoms with Crippen molar-refractivity contribution in [3.8, 4) is 0 Å². The second-order valence-corrected chi connectivity index (χ2v) is 6.08. The van der Waals surface area contributed by atoms with E-state index >= 15 is 0 Å². The molecular formula is C20H18F2N4O. The number of halogens is 2. The first-order valence-corrected chi connectivity index (χ1v) is 8.29. The second-order valence-electron chi connectivity index (χ2n) is 6.08. The average Bonchev–Trinajstić information content (AvgIpc) is 2.65. The Morgan fingerprint density at radius 2 is 1.78 bits per heavy atom. The highest BCUT2D eigenvalue weighted by molar-refractivity contribution is 6.03. The zero-order chi connectivity index (χ0) is 19.4. The van der Waals surface area contributed by atoms with Crippen LogP contribution in [0.1, 0.15) is 21.9 Å². The lowest BCUT2D eigenvalue weighted by Gasteiger charge is -2.19. The molecule has 3 aromatic rings. The Morgan fingerprint density at radius 1 is 1.04 bits per heavy atom. The van der Waals surface area contributed by atoms with Gasteiger partial charge in [-0.05, 0) is 24.6 Å². The molecule has 0 unspecified atom stereocenters. The lowest BCUT2D eigenvalue weighted by Crippen LogP contribution is -2.21. The number of carbonyl (C=O) groups excluding carboxylic acids is 1. The first-order chi connectivity index (χ1) is 12.9. The Balaban J connectivity index is 1.79. The van der Waals surface area contributed by atoms with Gasteiger partial charge in [0.05, 0.1) is 0 Å².